The zero-order chi connectivity index (χ0) is 8.48. The lowest BCUT2D eigenvalue weighted by atomic mass is 9.88. The summed E-state index contributed by atoms with van der Waals surface area (Å²) in [6.45, 7) is 0. The van der Waals surface area contributed by atoms with Gasteiger partial charge in [-0.25, -0.2) is 0 Å². The van der Waals surface area contributed by atoms with Crippen molar-refractivity contribution in [1.82, 2.24) is 0 Å². The first-order valence-corrected chi connectivity index (χ1v) is 4.16. The summed E-state index contributed by atoms with van der Waals surface area (Å²) in [6, 6.07) is 0. The fourth-order valence-electron chi connectivity index (χ4n) is 1.45. The summed E-state index contributed by atoms with van der Waals surface area (Å²) < 4.78 is 36.3. The lowest BCUT2D eigenvalue weighted by Crippen LogP contribution is -2.33. The van der Waals surface area contributed by atoms with Crippen molar-refractivity contribution in [1.29, 1.82) is 0 Å². The normalized spacial score (nSPS) is 33.8. The molecule has 0 aromatic carbocycles. The van der Waals surface area contributed by atoms with E-state index in [0.717, 1.165) is 6.42 Å². The van der Waals surface area contributed by atoms with Crippen LogP contribution in [0.4, 0.5) is 13.2 Å². The molecule has 66 valence electrons. The van der Waals surface area contributed by atoms with Gasteiger partial charge in [-0.3, -0.25) is 0 Å². The van der Waals surface area contributed by atoms with E-state index in [2.05, 4.69) is 0 Å². The van der Waals surface area contributed by atoms with E-state index < -0.39 is 17.5 Å². The third kappa shape index (κ3) is 2.26. The van der Waals surface area contributed by atoms with Crippen LogP contribution in [0.3, 0.4) is 0 Å². The second kappa shape index (κ2) is 3.21. The average molecular weight is 187 g/mol. The first-order chi connectivity index (χ1) is 5.02. The highest BCUT2D eigenvalue weighted by Gasteiger charge is 2.44. The molecule has 0 aromatic heterocycles. The van der Waals surface area contributed by atoms with Crippen LogP contribution in [0.15, 0.2) is 0 Å². The standard InChI is InChI=1S/C7H10ClF3/c8-6-4-2-1-3-5(6)7(9,10)11/h5-6H,1-4H2/t5-,6-/m1/s1. The molecule has 11 heavy (non-hydrogen) atoms. The van der Waals surface area contributed by atoms with Crippen LogP contribution in [0.1, 0.15) is 25.7 Å². The molecule has 0 aromatic rings. The second-order valence-corrected chi connectivity index (χ2v) is 3.51. The Labute approximate surface area is 68.7 Å². The topological polar surface area (TPSA) is 0 Å². The molecule has 0 aliphatic heterocycles. The molecule has 0 unspecified atom stereocenters. The summed E-state index contributed by atoms with van der Waals surface area (Å²) in [6.07, 6.45) is -1.88. The molecule has 0 spiro atoms. The number of alkyl halides is 4. The zero-order valence-electron chi connectivity index (χ0n) is 5.99. The molecule has 0 amide bonds. The highest BCUT2D eigenvalue weighted by molar-refractivity contribution is 6.20. The van der Waals surface area contributed by atoms with Gasteiger partial charge in [0, 0.05) is 5.38 Å². The molecule has 0 bridgehead atoms. The van der Waals surface area contributed by atoms with E-state index in [1.54, 1.807) is 0 Å². The van der Waals surface area contributed by atoms with Crippen molar-refractivity contribution in [2.45, 2.75) is 37.2 Å². The highest BCUT2D eigenvalue weighted by Crippen LogP contribution is 2.39. The quantitative estimate of drug-likeness (QED) is 0.509. The third-order valence-electron chi connectivity index (χ3n) is 2.10. The van der Waals surface area contributed by atoms with Crippen LogP contribution in [-0.2, 0) is 0 Å². The van der Waals surface area contributed by atoms with Gasteiger partial charge in [0.1, 0.15) is 0 Å². The Morgan fingerprint density at radius 3 is 2.00 bits per heavy atom. The molecule has 1 aliphatic rings. The Morgan fingerprint density at radius 1 is 1.09 bits per heavy atom. The Morgan fingerprint density at radius 2 is 1.64 bits per heavy atom. The first-order valence-electron chi connectivity index (χ1n) is 3.72. The Balaban J connectivity index is 2.55. The Kier molecular flexibility index (Phi) is 2.68. The highest BCUT2D eigenvalue weighted by atomic mass is 35.5. The molecule has 1 rings (SSSR count). The fourth-order valence-corrected chi connectivity index (χ4v) is 1.88. The maximum atomic E-state index is 12.1. The third-order valence-corrected chi connectivity index (χ3v) is 2.62. The van der Waals surface area contributed by atoms with Crippen LogP contribution >= 0.6 is 11.6 Å². The van der Waals surface area contributed by atoms with Crippen molar-refractivity contribution >= 4 is 11.6 Å². The molecular weight excluding hydrogens is 177 g/mol. The lowest BCUT2D eigenvalue weighted by molar-refractivity contribution is -0.180. The van der Waals surface area contributed by atoms with E-state index >= 15 is 0 Å². The van der Waals surface area contributed by atoms with Gasteiger partial charge in [-0.2, -0.15) is 13.2 Å². The van der Waals surface area contributed by atoms with E-state index in [4.69, 9.17) is 11.6 Å². The van der Waals surface area contributed by atoms with Crippen molar-refractivity contribution in [3.63, 3.8) is 0 Å². The molecule has 1 fully saturated rings. The van der Waals surface area contributed by atoms with Gasteiger partial charge in [-0.05, 0) is 12.8 Å². The number of hydrogen-bond acceptors (Lipinski definition) is 0. The summed E-state index contributed by atoms with van der Waals surface area (Å²) in [4.78, 5) is 0. The number of hydrogen-bond donors (Lipinski definition) is 0. The van der Waals surface area contributed by atoms with Gasteiger partial charge < -0.3 is 0 Å². The van der Waals surface area contributed by atoms with Crippen LogP contribution in [-0.4, -0.2) is 11.6 Å². The molecule has 0 nitrogen and oxygen atoms in total. The van der Waals surface area contributed by atoms with Crippen LogP contribution < -0.4 is 0 Å². The average Bonchev–Trinajstić information content (AvgIpc) is 1.86. The van der Waals surface area contributed by atoms with E-state index in [1.165, 1.54) is 0 Å². The van der Waals surface area contributed by atoms with Gasteiger partial charge in [-0.15, -0.1) is 11.6 Å². The van der Waals surface area contributed by atoms with Gasteiger partial charge in [0.15, 0.2) is 0 Å². The molecule has 1 aliphatic carbocycles. The van der Waals surface area contributed by atoms with Gasteiger partial charge in [-0.1, -0.05) is 12.8 Å². The van der Waals surface area contributed by atoms with Gasteiger partial charge in [0.2, 0.25) is 0 Å². The monoisotopic (exact) mass is 186 g/mol. The van der Waals surface area contributed by atoms with Crippen LogP contribution in [0.25, 0.3) is 0 Å². The molecule has 0 heterocycles. The maximum Gasteiger partial charge on any atom is 0.393 e. The largest absolute Gasteiger partial charge is 0.393 e. The van der Waals surface area contributed by atoms with E-state index in [9.17, 15) is 13.2 Å². The molecule has 0 radical (unpaired) electrons. The van der Waals surface area contributed by atoms with Gasteiger partial charge >= 0.3 is 6.18 Å². The minimum atomic E-state index is -4.09. The molecular formula is C7H10ClF3. The van der Waals surface area contributed by atoms with Gasteiger partial charge in [0.25, 0.3) is 0 Å². The van der Waals surface area contributed by atoms with Crippen molar-refractivity contribution in [2.75, 3.05) is 0 Å². The van der Waals surface area contributed by atoms with Crippen molar-refractivity contribution in [3.05, 3.63) is 0 Å². The SMILES string of the molecule is FC(F)(F)[C@@H]1CCCC[C@H]1Cl. The second-order valence-electron chi connectivity index (χ2n) is 2.95. The molecule has 1 saturated carbocycles. The Bertz CT molecular complexity index is 132. The van der Waals surface area contributed by atoms with Crippen LogP contribution in [0.5, 0.6) is 0 Å². The molecule has 0 N–H and O–H groups in total. The lowest BCUT2D eigenvalue weighted by Gasteiger charge is -2.28. The first kappa shape index (κ1) is 9.17. The predicted octanol–water partition coefficient (Wildman–Crippen LogP) is 3.35. The molecule has 4 heteroatoms. The zero-order valence-corrected chi connectivity index (χ0v) is 6.75. The minimum absolute atomic E-state index is 0.206. The maximum absolute atomic E-state index is 12.1. The number of rotatable bonds is 0. The Hall–Kier alpha value is 0.0800. The van der Waals surface area contributed by atoms with Crippen LogP contribution in [0.2, 0.25) is 0 Å². The van der Waals surface area contributed by atoms with Crippen molar-refractivity contribution in [2.24, 2.45) is 5.92 Å². The minimum Gasteiger partial charge on any atom is -0.171 e. The summed E-state index contributed by atoms with van der Waals surface area (Å²) in [5.41, 5.74) is 0. The van der Waals surface area contributed by atoms with E-state index in [1.807, 2.05) is 0 Å². The number of halogens is 4. The van der Waals surface area contributed by atoms with Crippen LogP contribution in [0, 0.1) is 5.92 Å². The molecule has 2 atom stereocenters. The predicted molar refractivity (Wildman–Crippen MR) is 37.7 cm³/mol. The van der Waals surface area contributed by atoms with Gasteiger partial charge in [0.05, 0.1) is 5.92 Å². The van der Waals surface area contributed by atoms with Crippen molar-refractivity contribution in [3.8, 4) is 0 Å². The summed E-state index contributed by atoms with van der Waals surface area (Å²) in [5.74, 6) is -1.27. The summed E-state index contributed by atoms with van der Waals surface area (Å²) >= 11 is 5.55. The van der Waals surface area contributed by atoms with E-state index in [0.29, 0.717) is 12.8 Å². The molecule has 0 saturated heterocycles. The smallest absolute Gasteiger partial charge is 0.171 e. The summed E-state index contributed by atoms with van der Waals surface area (Å²) in [7, 11) is 0. The summed E-state index contributed by atoms with van der Waals surface area (Å²) in [5, 5.41) is -0.691. The van der Waals surface area contributed by atoms with Crippen molar-refractivity contribution < 1.29 is 13.2 Å². The van der Waals surface area contributed by atoms with E-state index in [-0.39, 0.29) is 6.42 Å². The fraction of sp³-hybridized carbons (Fsp3) is 1.00.